The van der Waals surface area contributed by atoms with Crippen molar-refractivity contribution < 1.29 is 13.7 Å². The Balaban J connectivity index is 1.56. The van der Waals surface area contributed by atoms with Crippen LogP contribution in [-0.2, 0) is 18.4 Å². The molecule has 8 nitrogen and oxygen atoms in total. The van der Waals surface area contributed by atoms with Crippen LogP contribution < -0.4 is 18.9 Å². The van der Waals surface area contributed by atoms with Crippen LogP contribution in [-0.4, -0.2) is 54.0 Å². The third-order valence-electron chi connectivity index (χ3n) is 5.88. The van der Waals surface area contributed by atoms with Crippen LogP contribution in [0.15, 0.2) is 30.5 Å². The third-order valence-corrected chi connectivity index (χ3v) is 8.42. The summed E-state index contributed by atoms with van der Waals surface area (Å²) in [7, 11) is 1.81. The van der Waals surface area contributed by atoms with Gasteiger partial charge in [-0.15, -0.1) is 0 Å². The van der Waals surface area contributed by atoms with E-state index in [1.54, 1.807) is 17.9 Å². The Morgan fingerprint density at radius 1 is 1.27 bits per heavy atom. The molecule has 0 bridgehead atoms. The molecule has 1 saturated carbocycles. The Labute approximate surface area is 203 Å². The fraction of sp³-hybridized carbons (Fsp3) is 0.375. The van der Waals surface area contributed by atoms with Gasteiger partial charge < -0.3 is 0 Å². The molecular formula is C24H26AsN6O2. The van der Waals surface area contributed by atoms with Crippen LogP contribution in [0, 0.1) is 5.92 Å². The number of carbonyl (C=O) groups excluding carboxylic acids is 2. The molecule has 3 aromatic rings. The van der Waals surface area contributed by atoms with E-state index in [4.69, 9.17) is 4.11 Å². The number of nitrogens with one attached hydrogen (secondary N) is 1. The predicted octanol–water partition coefficient (Wildman–Crippen LogP) is 1.81. The van der Waals surface area contributed by atoms with Gasteiger partial charge in [-0.1, -0.05) is 0 Å². The Kier molecular flexibility index (Phi) is 4.89. The van der Waals surface area contributed by atoms with Crippen molar-refractivity contribution in [1.82, 2.24) is 20.0 Å². The van der Waals surface area contributed by atoms with Crippen molar-refractivity contribution in [3.63, 3.8) is 0 Å². The molecule has 0 saturated heterocycles. The summed E-state index contributed by atoms with van der Waals surface area (Å²) < 4.78 is 24.5. The van der Waals surface area contributed by atoms with E-state index >= 15 is 0 Å². The Morgan fingerprint density at radius 2 is 2.12 bits per heavy atom. The van der Waals surface area contributed by atoms with Crippen LogP contribution in [0.3, 0.4) is 0 Å². The summed E-state index contributed by atoms with van der Waals surface area (Å²) in [6.07, 6.45) is 2.59. The molecule has 0 unspecified atom stereocenters. The SMILES string of the molecule is [2H]C([2H])([2H])CC(=O)c1cnc(NC(=O)C2CC2)cc1[As]c1cccc2c1N(CC)Cc1nn(C)nc1-2. The standard InChI is InChI=1S/C24H26AsN6O2/c1-4-20(32)16-12-26-21(27-24(33)14-9-10-14)11-18(16)25-17-8-6-7-15-22-19(28-30(3)29-22)13-31(5-2)23(15)17/h6-8,11-12,14H,4-5,9-10,13H2,1-3H3,(H,26,27,33)/i1D3. The summed E-state index contributed by atoms with van der Waals surface area (Å²) in [5.74, 6) is -0.145. The van der Waals surface area contributed by atoms with Gasteiger partial charge in [-0.25, -0.2) is 0 Å². The average Bonchev–Trinajstić information content (AvgIpc) is 3.59. The molecular weight excluding hydrogens is 479 g/mol. The molecule has 33 heavy (non-hydrogen) atoms. The third kappa shape index (κ3) is 4.20. The summed E-state index contributed by atoms with van der Waals surface area (Å²) in [5, 5.41) is 12.0. The Bertz CT molecular complexity index is 1350. The molecule has 1 aliphatic heterocycles. The van der Waals surface area contributed by atoms with Crippen LogP contribution in [0.5, 0.6) is 0 Å². The topological polar surface area (TPSA) is 93.0 Å². The van der Waals surface area contributed by atoms with E-state index in [9.17, 15) is 9.59 Å². The van der Waals surface area contributed by atoms with E-state index in [2.05, 4.69) is 32.3 Å². The summed E-state index contributed by atoms with van der Waals surface area (Å²) >= 11 is -0.746. The van der Waals surface area contributed by atoms with Crippen LogP contribution in [0.25, 0.3) is 11.3 Å². The number of pyridine rings is 1. The summed E-state index contributed by atoms with van der Waals surface area (Å²) in [6.45, 7) is 1.11. The van der Waals surface area contributed by atoms with Crippen LogP contribution in [0.4, 0.5) is 11.5 Å². The second kappa shape index (κ2) is 8.75. The zero-order valence-corrected chi connectivity index (χ0v) is 20.4. The number of aromatic nitrogens is 4. The molecule has 1 aromatic carbocycles. The molecule has 3 heterocycles. The molecule has 1 aliphatic carbocycles. The second-order valence-corrected chi connectivity index (χ2v) is 10.7. The number of rotatable bonds is 7. The maximum absolute atomic E-state index is 13.0. The van der Waals surface area contributed by atoms with Gasteiger partial charge in [-0.3, -0.25) is 0 Å². The number of hydrogen-bond acceptors (Lipinski definition) is 6. The van der Waals surface area contributed by atoms with Crippen molar-refractivity contribution in [2.75, 3.05) is 16.8 Å². The molecule has 2 aliphatic rings. The fourth-order valence-electron chi connectivity index (χ4n) is 4.06. The van der Waals surface area contributed by atoms with E-state index < -0.39 is 34.8 Å². The van der Waals surface area contributed by atoms with Gasteiger partial charge >= 0.3 is 204 Å². The van der Waals surface area contributed by atoms with Crippen molar-refractivity contribution in [2.24, 2.45) is 13.0 Å². The van der Waals surface area contributed by atoms with E-state index in [1.807, 2.05) is 18.2 Å². The van der Waals surface area contributed by atoms with E-state index in [1.165, 1.54) is 6.20 Å². The first kappa shape index (κ1) is 18.4. The van der Waals surface area contributed by atoms with Gasteiger partial charge in [-0.05, 0) is 0 Å². The number of fused-ring (bicyclic) bond motifs is 3. The number of nitrogens with zero attached hydrogens (tertiary/aromatic N) is 5. The van der Waals surface area contributed by atoms with Crippen LogP contribution in [0.1, 0.15) is 53.2 Å². The monoisotopic (exact) mass is 508 g/mol. The van der Waals surface area contributed by atoms with Gasteiger partial charge in [0.1, 0.15) is 0 Å². The maximum atomic E-state index is 13.0. The van der Waals surface area contributed by atoms with Gasteiger partial charge in [0.05, 0.1) is 0 Å². The molecule has 0 spiro atoms. The minimum absolute atomic E-state index is 0.0146. The Hall–Kier alpha value is -2.99. The number of para-hydroxylation sites is 1. The number of amides is 1. The zero-order chi connectivity index (χ0) is 25.6. The summed E-state index contributed by atoms with van der Waals surface area (Å²) in [4.78, 5) is 33.4. The zero-order valence-electron chi connectivity index (χ0n) is 21.5. The number of aryl methyl sites for hydroxylation is 1. The number of hydrogen-bond donors (Lipinski definition) is 1. The van der Waals surface area contributed by atoms with Crippen molar-refractivity contribution in [3.05, 3.63) is 41.7 Å². The molecule has 9 heteroatoms. The van der Waals surface area contributed by atoms with Crippen LogP contribution >= 0.6 is 0 Å². The normalized spacial score (nSPS) is 16.7. The first-order chi connectivity index (χ1) is 17.1. The first-order valence-corrected chi connectivity index (χ1v) is 12.8. The second-order valence-electron chi connectivity index (χ2n) is 8.23. The van der Waals surface area contributed by atoms with Crippen molar-refractivity contribution in [1.29, 1.82) is 0 Å². The molecule has 1 amide bonds. The minimum atomic E-state index is -2.38. The van der Waals surface area contributed by atoms with E-state index in [0.717, 1.165) is 50.7 Å². The van der Waals surface area contributed by atoms with Crippen molar-refractivity contribution >= 4 is 47.7 Å². The van der Waals surface area contributed by atoms with Crippen LogP contribution in [0.2, 0.25) is 0 Å². The van der Waals surface area contributed by atoms with E-state index in [0.29, 0.717) is 17.9 Å². The quantitative estimate of drug-likeness (QED) is 0.387. The van der Waals surface area contributed by atoms with Gasteiger partial charge in [0.15, 0.2) is 0 Å². The molecule has 2 aromatic heterocycles. The number of ketones is 1. The molecule has 169 valence electrons. The molecule has 1 fully saturated rings. The summed E-state index contributed by atoms with van der Waals surface area (Å²) in [5.41, 5.74) is 4.12. The van der Waals surface area contributed by atoms with Gasteiger partial charge in [0.2, 0.25) is 0 Å². The average molecular weight is 508 g/mol. The fourth-order valence-corrected chi connectivity index (χ4v) is 6.74. The molecule has 1 N–H and O–H groups in total. The van der Waals surface area contributed by atoms with E-state index in [-0.39, 0.29) is 11.8 Å². The predicted molar refractivity (Wildman–Crippen MR) is 128 cm³/mol. The van der Waals surface area contributed by atoms with Gasteiger partial charge in [0, 0.05) is 0 Å². The molecule has 5 rings (SSSR count). The first-order valence-electron chi connectivity index (χ1n) is 12.5. The summed E-state index contributed by atoms with van der Waals surface area (Å²) in [6, 6.07) is 7.79. The number of carbonyl (C=O) groups is 2. The molecule has 1 radical (unpaired) electrons. The van der Waals surface area contributed by atoms with Gasteiger partial charge in [0.25, 0.3) is 0 Å². The van der Waals surface area contributed by atoms with Crippen molar-refractivity contribution in [3.8, 4) is 11.3 Å². The number of anilines is 2. The van der Waals surface area contributed by atoms with Gasteiger partial charge in [-0.2, -0.15) is 0 Å². The number of Topliss-reactive ketones (excluding diaryl/α,β-unsaturated/α-hetero) is 1. The van der Waals surface area contributed by atoms with Crippen molar-refractivity contribution in [2.45, 2.75) is 39.6 Å². The Morgan fingerprint density at radius 3 is 2.88 bits per heavy atom. The molecule has 0 atom stereocenters. The number of benzene rings is 1.